The van der Waals surface area contributed by atoms with Crippen LogP contribution >= 0.6 is 0 Å². The number of nitrogens with zero attached hydrogens (tertiary/aromatic N) is 1. The first-order valence-electron chi connectivity index (χ1n) is 19.7. The van der Waals surface area contributed by atoms with E-state index in [1.165, 1.54) is 47.7 Å². The number of anilines is 1. The third kappa shape index (κ3) is 7.52. The molecule has 3 aromatic rings. The molecule has 0 radical (unpaired) electrons. The van der Waals surface area contributed by atoms with Crippen molar-refractivity contribution in [2.24, 2.45) is 0 Å². The van der Waals surface area contributed by atoms with Crippen molar-refractivity contribution in [1.29, 1.82) is 0 Å². The van der Waals surface area contributed by atoms with Gasteiger partial charge in [-0.1, -0.05) is 110 Å². The quantitative estimate of drug-likeness (QED) is 0.166. The summed E-state index contributed by atoms with van der Waals surface area (Å²) in [7, 11) is -4.32. The number of unbranched alkanes of at least 4 members (excludes halogenated alkanes) is 4. The maximum atomic E-state index is 11.9. The number of benzene rings is 3. The predicted molar refractivity (Wildman–Crippen MR) is 214 cm³/mol. The second kappa shape index (κ2) is 15.6. The second-order valence-electron chi connectivity index (χ2n) is 16.1. The van der Waals surface area contributed by atoms with Gasteiger partial charge in [0.15, 0.2) is 0 Å². The van der Waals surface area contributed by atoms with Crippen LogP contribution in [-0.2, 0) is 36.9 Å². The summed E-state index contributed by atoms with van der Waals surface area (Å²) in [5.41, 5.74) is 8.87. The molecule has 0 fully saturated rings. The molecule has 3 aromatic carbocycles. The molecule has 2 N–H and O–H groups in total. The van der Waals surface area contributed by atoms with Gasteiger partial charge in [-0.05, 0) is 101 Å². The maximum Gasteiger partial charge on any atom is 0.303 e. The first kappa shape index (κ1) is 39.0. The highest BCUT2D eigenvalue weighted by atomic mass is 32.2. The first-order chi connectivity index (χ1) is 25.2. The molecule has 0 amide bonds. The first-order valence-corrected chi connectivity index (χ1v) is 21.1. The van der Waals surface area contributed by atoms with Crippen LogP contribution in [0.1, 0.15) is 122 Å². The molecule has 284 valence electrons. The Hall–Kier alpha value is -3.72. The lowest BCUT2D eigenvalue weighted by molar-refractivity contribution is -0.137. The van der Waals surface area contributed by atoms with E-state index in [1.807, 2.05) is 12.1 Å². The number of hydrogen-bond donors (Lipinski definition) is 2. The van der Waals surface area contributed by atoms with Crippen molar-refractivity contribution in [2.75, 3.05) is 11.4 Å². The van der Waals surface area contributed by atoms with Crippen LogP contribution in [0.25, 0.3) is 10.8 Å². The van der Waals surface area contributed by atoms with Gasteiger partial charge in [0.05, 0.1) is 17.1 Å². The highest BCUT2D eigenvalue weighted by Crippen LogP contribution is 2.56. The summed E-state index contributed by atoms with van der Waals surface area (Å²) in [5.74, 6) is -0.746. The van der Waals surface area contributed by atoms with Crippen LogP contribution < -0.4 is 4.90 Å². The number of aliphatic carboxylic acids is 1. The van der Waals surface area contributed by atoms with Gasteiger partial charge in [-0.3, -0.25) is 9.35 Å². The Morgan fingerprint density at radius 1 is 0.962 bits per heavy atom. The molecule has 4 aliphatic rings. The summed E-state index contributed by atoms with van der Waals surface area (Å²) in [6.07, 6.45) is 13.7. The van der Waals surface area contributed by atoms with E-state index in [0.29, 0.717) is 6.42 Å². The Kier molecular flexibility index (Phi) is 11.4. The van der Waals surface area contributed by atoms with Crippen molar-refractivity contribution < 1.29 is 27.6 Å². The van der Waals surface area contributed by atoms with Crippen molar-refractivity contribution in [3.8, 4) is 0 Å². The summed E-state index contributed by atoms with van der Waals surface area (Å²) < 4.78 is 40.6. The fourth-order valence-electron chi connectivity index (χ4n) is 9.36. The monoisotopic (exact) mass is 739 g/mol. The van der Waals surface area contributed by atoms with Crippen LogP contribution in [0.3, 0.4) is 0 Å². The van der Waals surface area contributed by atoms with E-state index in [2.05, 4.69) is 75.9 Å². The zero-order valence-electron chi connectivity index (χ0n) is 32.2. The Labute approximate surface area is 316 Å². The zero-order valence-corrected chi connectivity index (χ0v) is 33.0. The van der Waals surface area contributed by atoms with Gasteiger partial charge < -0.3 is 14.7 Å². The van der Waals surface area contributed by atoms with E-state index in [-0.39, 0.29) is 28.9 Å². The molecular weight excluding hydrogens is 683 g/mol. The van der Waals surface area contributed by atoms with Crippen molar-refractivity contribution >= 4 is 32.5 Å². The number of carboxylic acid groups (broad SMARTS) is 1. The molecule has 53 heavy (non-hydrogen) atoms. The third-order valence-electron chi connectivity index (χ3n) is 12.1. The number of ether oxygens (including phenoxy) is 1. The van der Waals surface area contributed by atoms with Gasteiger partial charge in [-0.2, -0.15) is 8.42 Å². The van der Waals surface area contributed by atoms with Gasteiger partial charge in [-0.15, -0.1) is 0 Å². The lowest BCUT2D eigenvalue weighted by Gasteiger charge is -2.44. The molecule has 0 saturated carbocycles. The van der Waals surface area contributed by atoms with Gasteiger partial charge >= 0.3 is 5.97 Å². The molecular formula is C45H57NO6S. The molecule has 3 unspecified atom stereocenters. The Bertz CT molecular complexity index is 2060. The lowest BCUT2D eigenvalue weighted by Crippen LogP contribution is -2.43. The number of fused-ring (bicyclic) bond motifs is 8. The van der Waals surface area contributed by atoms with E-state index in [1.54, 1.807) is 6.07 Å². The van der Waals surface area contributed by atoms with E-state index in [0.717, 1.165) is 84.7 Å². The van der Waals surface area contributed by atoms with Crippen molar-refractivity contribution in [3.05, 3.63) is 106 Å². The molecule has 0 saturated heterocycles. The van der Waals surface area contributed by atoms with E-state index >= 15 is 0 Å². The van der Waals surface area contributed by atoms with Crippen LogP contribution in [0.4, 0.5) is 5.69 Å². The number of allylic oxidation sites excluding steroid dienone is 1. The van der Waals surface area contributed by atoms with Crippen molar-refractivity contribution in [3.63, 3.8) is 0 Å². The minimum absolute atomic E-state index is 0.0332. The molecule has 3 atom stereocenters. The largest absolute Gasteiger partial charge is 0.481 e. The number of carboxylic acids is 1. The molecule has 8 heteroatoms. The number of hydrogen-bond acceptors (Lipinski definition) is 5. The SMILES string of the molecule is C=C1C2=CC3=C4N(CCC3OC2CCCc2ccccc2C1(C)CCCCCC(=O)O)c1ccc2cc(S(=O)(=O)O)ccc2c1C4(C)C.CCCCC. The summed E-state index contributed by atoms with van der Waals surface area (Å²) in [5, 5.41) is 10.9. The molecule has 0 spiro atoms. The lowest BCUT2D eigenvalue weighted by atomic mass is 9.67. The standard InChI is InChI=1S/C40H45NO6S.C5H12/c1-25-30-24-31-35(47-34(30)14-10-12-26-11-7-8-13-32(26)40(25,4)21-9-5-6-15-36(42)43)20-22-41-33-19-16-27-23-28(48(44,45)46)17-18-29(27)37(33)39(2,3)38(31)41;1-3-5-4-2/h7-8,11,13,16-19,23-24,34-35H,1,5-6,9-10,12,14-15,20-22H2,2-4H3,(H,42,43)(H,44,45,46);3-5H2,1-2H3. The highest BCUT2D eigenvalue weighted by Gasteiger charge is 2.48. The van der Waals surface area contributed by atoms with Gasteiger partial charge in [0.2, 0.25) is 0 Å². The van der Waals surface area contributed by atoms with Gasteiger partial charge in [0, 0.05) is 40.8 Å². The predicted octanol–water partition coefficient (Wildman–Crippen LogP) is 10.6. The molecule has 7 nitrogen and oxygen atoms in total. The van der Waals surface area contributed by atoms with Crippen LogP contribution in [0.5, 0.6) is 0 Å². The number of carbonyl (C=O) groups is 1. The summed E-state index contributed by atoms with van der Waals surface area (Å²) in [6, 6.07) is 17.6. The molecule has 0 aromatic heterocycles. The van der Waals surface area contributed by atoms with Crippen LogP contribution in [0.15, 0.2) is 94.6 Å². The molecule has 0 bridgehead atoms. The number of aryl methyl sites for hydroxylation is 1. The topological polar surface area (TPSA) is 104 Å². The van der Waals surface area contributed by atoms with E-state index in [4.69, 9.17) is 11.3 Å². The summed E-state index contributed by atoms with van der Waals surface area (Å²) in [4.78, 5) is 13.5. The second-order valence-corrected chi connectivity index (χ2v) is 17.5. The van der Waals surface area contributed by atoms with Gasteiger partial charge in [0.1, 0.15) is 0 Å². The van der Waals surface area contributed by atoms with Crippen LogP contribution in [0, 0.1) is 0 Å². The average molecular weight is 740 g/mol. The average Bonchev–Trinajstić information content (AvgIpc) is 3.38. The molecule has 7 rings (SSSR count). The fraction of sp³-hybridized carbons (Fsp3) is 0.489. The van der Waals surface area contributed by atoms with Crippen LogP contribution in [-0.4, -0.2) is 42.8 Å². The van der Waals surface area contributed by atoms with Gasteiger partial charge in [0.25, 0.3) is 10.1 Å². The van der Waals surface area contributed by atoms with Crippen molar-refractivity contribution in [1.82, 2.24) is 0 Å². The smallest absolute Gasteiger partial charge is 0.303 e. The minimum atomic E-state index is -4.32. The van der Waals surface area contributed by atoms with E-state index < -0.39 is 21.5 Å². The normalized spacial score (nSPS) is 23.2. The van der Waals surface area contributed by atoms with Gasteiger partial charge in [-0.25, -0.2) is 0 Å². The zero-order chi connectivity index (χ0) is 38.1. The van der Waals surface area contributed by atoms with Crippen LogP contribution in [0.2, 0.25) is 0 Å². The maximum absolute atomic E-state index is 11.9. The minimum Gasteiger partial charge on any atom is -0.481 e. The molecule has 1 aliphatic carbocycles. The van der Waals surface area contributed by atoms with Crippen molar-refractivity contribution in [2.45, 2.75) is 140 Å². The third-order valence-corrected chi connectivity index (χ3v) is 12.9. The Balaban J connectivity index is 0.000000902. The molecule has 3 heterocycles. The fourth-order valence-corrected chi connectivity index (χ4v) is 9.88. The summed E-state index contributed by atoms with van der Waals surface area (Å²) in [6.45, 7) is 16.9. The number of rotatable bonds is 9. The summed E-state index contributed by atoms with van der Waals surface area (Å²) >= 11 is 0. The highest BCUT2D eigenvalue weighted by molar-refractivity contribution is 7.85. The van der Waals surface area contributed by atoms with E-state index in [9.17, 15) is 22.9 Å². The molecule has 3 aliphatic heterocycles. The Morgan fingerprint density at radius 3 is 2.42 bits per heavy atom. The Morgan fingerprint density at radius 2 is 1.72 bits per heavy atom.